The van der Waals surface area contributed by atoms with Gasteiger partial charge in [0.15, 0.2) is 12.4 Å². The number of carbonyl (C=O) groups is 1. The summed E-state index contributed by atoms with van der Waals surface area (Å²) in [6, 6.07) is 22.4. The highest BCUT2D eigenvalue weighted by Gasteiger charge is 2.49. The maximum Gasteiger partial charge on any atom is 0.303 e. The lowest BCUT2D eigenvalue weighted by molar-refractivity contribution is -0.309. The molecule has 3 aromatic rings. The van der Waals surface area contributed by atoms with Crippen LogP contribution in [-0.2, 0) is 48.3 Å². The number of hydrogen-bond acceptors (Lipinski definition) is 10. The first-order valence-corrected chi connectivity index (χ1v) is 13.6. The predicted molar refractivity (Wildman–Crippen MR) is 152 cm³/mol. The summed E-state index contributed by atoms with van der Waals surface area (Å²) in [4.78, 5) is 12.0. The smallest absolute Gasteiger partial charge is 0.303 e. The van der Waals surface area contributed by atoms with Crippen LogP contribution in [0.4, 0.5) is 0 Å². The third kappa shape index (κ3) is 8.67. The Morgan fingerprint density at radius 2 is 1.10 bits per heavy atom. The van der Waals surface area contributed by atoms with Crippen molar-refractivity contribution in [2.45, 2.75) is 57.5 Å². The molecule has 0 aromatic heterocycles. The molecule has 0 bridgehead atoms. The van der Waals surface area contributed by atoms with Crippen LogP contribution >= 0.6 is 0 Å². The van der Waals surface area contributed by atoms with Crippen LogP contribution in [0.5, 0.6) is 17.2 Å². The molecular formula is C32H38O10. The van der Waals surface area contributed by atoms with E-state index in [-0.39, 0.29) is 19.8 Å². The lowest BCUT2D eigenvalue weighted by atomic mass is 9.98. The fourth-order valence-corrected chi connectivity index (χ4v) is 4.58. The molecule has 1 fully saturated rings. The molecule has 0 aliphatic carbocycles. The Balaban J connectivity index is 1.53. The van der Waals surface area contributed by atoms with Crippen LogP contribution in [0, 0.1) is 0 Å². The lowest BCUT2D eigenvalue weighted by Crippen LogP contribution is -2.61. The van der Waals surface area contributed by atoms with Crippen LogP contribution < -0.4 is 14.2 Å². The molecule has 1 aliphatic heterocycles. The van der Waals surface area contributed by atoms with Crippen LogP contribution in [0.25, 0.3) is 0 Å². The first-order valence-electron chi connectivity index (χ1n) is 13.6. The van der Waals surface area contributed by atoms with E-state index < -0.39 is 36.7 Å². The van der Waals surface area contributed by atoms with Gasteiger partial charge in [-0.3, -0.25) is 4.79 Å². The van der Waals surface area contributed by atoms with Crippen molar-refractivity contribution in [3.8, 4) is 17.2 Å². The molecular weight excluding hydrogens is 544 g/mol. The summed E-state index contributed by atoms with van der Waals surface area (Å²) in [5.74, 6) is 1.61. The molecule has 226 valence electrons. The van der Waals surface area contributed by atoms with Gasteiger partial charge in [0.05, 0.1) is 47.8 Å². The van der Waals surface area contributed by atoms with Gasteiger partial charge in [0, 0.05) is 6.92 Å². The molecule has 4 rings (SSSR count). The number of aliphatic hydroxyl groups is 1. The van der Waals surface area contributed by atoms with Gasteiger partial charge >= 0.3 is 5.97 Å². The van der Waals surface area contributed by atoms with Gasteiger partial charge in [0.25, 0.3) is 0 Å². The topological polar surface area (TPSA) is 111 Å². The number of aliphatic hydroxyl groups excluding tert-OH is 1. The van der Waals surface area contributed by atoms with E-state index in [1.54, 1.807) is 21.3 Å². The normalized spacial score (nSPS) is 21.9. The molecule has 0 amide bonds. The summed E-state index contributed by atoms with van der Waals surface area (Å²) in [7, 11) is 4.81. The second-order valence-corrected chi connectivity index (χ2v) is 9.75. The Bertz CT molecular complexity index is 1230. The zero-order chi connectivity index (χ0) is 29.9. The van der Waals surface area contributed by atoms with Crippen molar-refractivity contribution >= 4 is 5.97 Å². The quantitative estimate of drug-likeness (QED) is 0.280. The zero-order valence-electron chi connectivity index (χ0n) is 24.3. The van der Waals surface area contributed by atoms with E-state index in [4.69, 9.17) is 37.9 Å². The maximum absolute atomic E-state index is 12.0. The van der Waals surface area contributed by atoms with Crippen molar-refractivity contribution in [2.24, 2.45) is 0 Å². The third-order valence-corrected chi connectivity index (χ3v) is 6.82. The van der Waals surface area contributed by atoms with Gasteiger partial charge in [-0.25, -0.2) is 0 Å². The molecule has 1 aliphatic rings. The van der Waals surface area contributed by atoms with E-state index in [2.05, 4.69) is 0 Å². The van der Waals surface area contributed by atoms with Gasteiger partial charge < -0.3 is 43.0 Å². The highest BCUT2D eigenvalue weighted by atomic mass is 16.7. The number of esters is 1. The number of ether oxygens (including phenoxy) is 8. The molecule has 42 heavy (non-hydrogen) atoms. The number of benzene rings is 3. The Hall–Kier alpha value is -3.67. The van der Waals surface area contributed by atoms with Crippen LogP contribution in [0.1, 0.15) is 23.6 Å². The Morgan fingerprint density at radius 1 is 0.667 bits per heavy atom. The minimum absolute atomic E-state index is 0.0888. The van der Waals surface area contributed by atoms with Crippen molar-refractivity contribution < 1.29 is 47.8 Å². The molecule has 0 saturated carbocycles. The van der Waals surface area contributed by atoms with E-state index in [9.17, 15) is 9.90 Å². The van der Waals surface area contributed by atoms with Crippen molar-refractivity contribution in [2.75, 3.05) is 27.9 Å². The van der Waals surface area contributed by atoms with Crippen molar-refractivity contribution in [3.05, 3.63) is 89.5 Å². The average Bonchev–Trinajstić information content (AvgIpc) is 3.01. The fraction of sp³-hybridized carbons (Fsp3) is 0.406. The number of hydrogen-bond donors (Lipinski definition) is 1. The van der Waals surface area contributed by atoms with Crippen molar-refractivity contribution in [3.63, 3.8) is 0 Å². The summed E-state index contributed by atoms with van der Waals surface area (Å²) in [6.07, 6.45) is -4.93. The van der Waals surface area contributed by atoms with Gasteiger partial charge in [-0.2, -0.15) is 0 Å². The molecule has 3 aromatic carbocycles. The van der Waals surface area contributed by atoms with E-state index in [0.717, 1.165) is 28.2 Å². The SMILES string of the molecule is COc1ccc(COC[C@H]2O[C@H](O)[C@H](OC(C)=O)[C@@H](OCc3ccc(OC)cc3)[C@@H]2OCc2ccc(OC)cc2)cc1. The number of carbonyl (C=O) groups excluding carboxylic acids is 1. The number of rotatable bonds is 14. The largest absolute Gasteiger partial charge is 0.497 e. The van der Waals surface area contributed by atoms with Crippen LogP contribution in [-0.4, -0.2) is 69.7 Å². The molecule has 10 nitrogen and oxygen atoms in total. The van der Waals surface area contributed by atoms with Crippen molar-refractivity contribution in [1.82, 2.24) is 0 Å². The minimum Gasteiger partial charge on any atom is -0.497 e. The highest BCUT2D eigenvalue weighted by molar-refractivity contribution is 5.66. The van der Waals surface area contributed by atoms with E-state index in [0.29, 0.717) is 12.4 Å². The first kappa shape index (κ1) is 31.3. The second kappa shape index (κ2) is 15.5. The molecule has 0 unspecified atom stereocenters. The summed E-state index contributed by atoms with van der Waals surface area (Å²) >= 11 is 0. The summed E-state index contributed by atoms with van der Waals surface area (Å²) in [5, 5.41) is 10.9. The maximum atomic E-state index is 12.0. The summed E-state index contributed by atoms with van der Waals surface area (Å²) < 4.78 is 45.8. The van der Waals surface area contributed by atoms with Gasteiger partial charge in [-0.05, 0) is 53.1 Å². The van der Waals surface area contributed by atoms with Gasteiger partial charge in [0.2, 0.25) is 0 Å². The molecule has 0 spiro atoms. The standard InChI is InChI=1S/C32H38O10/c1-21(33)41-31-30(40-19-24-9-15-27(37-4)16-10-24)29(39-18-23-7-13-26(36-3)14-8-23)28(42-32(31)34)20-38-17-22-5-11-25(35-2)12-6-22/h5-16,28-32,34H,17-20H2,1-4H3/t28-,29-,30+,31-,32+/m1/s1. The molecule has 1 N–H and O–H groups in total. The Kier molecular flexibility index (Phi) is 11.6. The average molecular weight is 583 g/mol. The van der Waals surface area contributed by atoms with E-state index in [1.807, 2.05) is 72.8 Å². The summed E-state index contributed by atoms with van der Waals surface area (Å²) in [6.45, 7) is 2.03. The Labute approximate surface area is 246 Å². The van der Waals surface area contributed by atoms with Gasteiger partial charge in [0.1, 0.15) is 35.6 Å². The fourth-order valence-electron chi connectivity index (χ4n) is 4.58. The third-order valence-electron chi connectivity index (χ3n) is 6.82. The molecule has 5 atom stereocenters. The van der Waals surface area contributed by atoms with Gasteiger partial charge in [-0.1, -0.05) is 36.4 Å². The monoisotopic (exact) mass is 582 g/mol. The minimum atomic E-state index is -1.45. The van der Waals surface area contributed by atoms with E-state index >= 15 is 0 Å². The number of methoxy groups -OCH3 is 3. The van der Waals surface area contributed by atoms with Crippen LogP contribution in [0.2, 0.25) is 0 Å². The molecule has 1 saturated heterocycles. The van der Waals surface area contributed by atoms with E-state index in [1.165, 1.54) is 6.92 Å². The highest BCUT2D eigenvalue weighted by Crippen LogP contribution is 2.30. The first-order chi connectivity index (χ1) is 20.4. The zero-order valence-corrected chi connectivity index (χ0v) is 24.3. The second-order valence-electron chi connectivity index (χ2n) is 9.75. The van der Waals surface area contributed by atoms with Crippen LogP contribution in [0.3, 0.4) is 0 Å². The molecule has 1 heterocycles. The molecule has 10 heteroatoms. The van der Waals surface area contributed by atoms with Crippen LogP contribution in [0.15, 0.2) is 72.8 Å². The predicted octanol–water partition coefficient (Wildman–Crippen LogP) is 4.05. The Morgan fingerprint density at radius 3 is 1.52 bits per heavy atom. The summed E-state index contributed by atoms with van der Waals surface area (Å²) in [5.41, 5.74) is 2.69. The lowest BCUT2D eigenvalue weighted by Gasteiger charge is -2.44. The van der Waals surface area contributed by atoms with Crippen molar-refractivity contribution in [1.29, 1.82) is 0 Å². The molecule has 0 radical (unpaired) electrons. The van der Waals surface area contributed by atoms with Gasteiger partial charge in [-0.15, -0.1) is 0 Å².